The van der Waals surface area contributed by atoms with E-state index >= 15 is 0 Å². The molecular weight excluding hydrogens is 218 g/mol. The van der Waals surface area contributed by atoms with Crippen LogP contribution in [0.3, 0.4) is 0 Å². The third-order valence-corrected chi connectivity index (χ3v) is 5.24. The molecule has 86 valence electrons. The summed E-state index contributed by atoms with van der Waals surface area (Å²) in [6.45, 7) is 4.65. The number of hydrogen-bond acceptors (Lipinski definition) is 4. The summed E-state index contributed by atoms with van der Waals surface area (Å²) in [5.74, 6) is 1.32. The standard InChI is InChI=1S/C9H21NO2S2/c1-3-7-14(11,12)8-6-13-9(2)4-5-10/h9H,3-8,10H2,1-2H3. The lowest BCUT2D eigenvalue weighted by Gasteiger charge is -2.09. The van der Waals surface area contributed by atoms with Gasteiger partial charge in [-0.2, -0.15) is 11.8 Å². The zero-order chi connectivity index (χ0) is 11.0. The molecule has 0 rings (SSSR count). The van der Waals surface area contributed by atoms with Gasteiger partial charge >= 0.3 is 0 Å². The molecule has 2 N–H and O–H groups in total. The van der Waals surface area contributed by atoms with Gasteiger partial charge in [-0.25, -0.2) is 8.42 Å². The van der Waals surface area contributed by atoms with Gasteiger partial charge in [-0.05, 0) is 19.4 Å². The topological polar surface area (TPSA) is 60.2 Å². The van der Waals surface area contributed by atoms with Crippen LogP contribution in [0.1, 0.15) is 26.7 Å². The number of nitrogens with two attached hydrogens (primary N) is 1. The zero-order valence-corrected chi connectivity index (χ0v) is 10.7. The minimum Gasteiger partial charge on any atom is -0.330 e. The first kappa shape index (κ1) is 14.3. The van der Waals surface area contributed by atoms with Crippen LogP contribution in [0.5, 0.6) is 0 Å². The third kappa shape index (κ3) is 7.64. The Morgan fingerprint density at radius 3 is 2.50 bits per heavy atom. The van der Waals surface area contributed by atoms with Crippen LogP contribution in [0.4, 0.5) is 0 Å². The average Bonchev–Trinajstić information content (AvgIpc) is 2.03. The lowest BCUT2D eigenvalue weighted by molar-refractivity contribution is 0.596. The van der Waals surface area contributed by atoms with Gasteiger partial charge in [0.1, 0.15) is 0 Å². The van der Waals surface area contributed by atoms with E-state index in [1.54, 1.807) is 11.8 Å². The van der Waals surface area contributed by atoms with E-state index in [0.29, 0.717) is 35.5 Å². The Kier molecular flexibility index (Phi) is 7.68. The van der Waals surface area contributed by atoms with Gasteiger partial charge in [-0.3, -0.25) is 0 Å². The lowest BCUT2D eigenvalue weighted by Crippen LogP contribution is -2.14. The van der Waals surface area contributed by atoms with Crippen molar-refractivity contribution in [1.29, 1.82) is 0 Å². The zero-order valence-electron chi connectivity index (χ0n) is 9.03. The molecule has 0 saturated carbocycles. The van der Waals surface area contributed by atoms with E-state index in [1.807, 2.05) is 6.92 Å². The van der Waals surface area contributed by atoms with Crippen molar-refractivity contribution >= 4 is 21.6 Å². The van der Waals surface area contributed by atoms with Crippen LogP contribution in [-0.4, -0.2) is 37.5 Å². The second-order valence-electron chi connectivity index (χ2n) is 3.41. The smallest absolute Gasteiger partial charge is 0.151 e. The highest BCUT2D eigenvalue weighted by Gasteiger charge is 2.10. The van der Waals surface area contributed by atoms with E-state index in [1.165, 1.54) is 0 Å². The first-order valence-corrected chi connectivity index (χ1v) is 7.91. The molecule has 0 amide bonds. The summed E-state index contributed by atoms with van der Waals surface area (Å²) in [5.41, 5.74) is 5.40. The van der Waals surface area contributed by atoms with Gasteiger partial charge in [-0.15, -0.1) is 0 Å². The Morgan fingerprint density at radius 2 is 2.00 bits per heavy atom. The van der Waals surface area contributed by atoms with Crippen molar-refractivity contribution in [1.82, 2.24) is 0 Å². The van der Waals surface area contributed by atoms with Crippen LogP contribution in [-0.2, 0) is 9.84 Å². The van der Waals surface area contributed by atoms with E-state index in [-0.39, 0.29) is 0 Å². The molecule has 0 heterocycles. The maximum Gasteiger partial charge on any atom is 0.151 e. The van der Waals surface area contributed by atoms with Crippen molar-refractivity contribution in [2.24, 2.45) is 5.73 Å². The van der Waals surface area contributed by atoms with Crippen molar-refractivity contribution in [3.05, 3.63) is 0 Å². The minimum absolute atomic E-state index is 0.306. The molecule has 0 aromatic rings. The average molecular weight is 239 g/mol. The highest BCUT2D eigenvalue weighted by atomic mass is 32.2. The fraction of sp³-hybridized carbons (Fsp3) is 1.00. The largest absolute Gasteiger partial charge is 0.330 e. The molecule has 1 atom stereocenters. The van der Waals surface area contributed by atoms with Crippen LogP contribution in [0.15, 0.2) is 0 Å². The molecule has 0 bridgehead atoms. The van der Waals surface area contributed by atoms with E-state index in [4.69, 9.17) is 5.73 Å². The Hall–Kier alpha value is 0.260. The maximum atomic E-state index is 11.3. The van der Waals surface area contributed by atoms with Gasteiger partial charge in [0.05, 0.1) is 5.75 Å². The van der Waals surface area contributed by atoms with Gasteiger partial charge in [0, 0.05) is 16.8 Å². The van der Waals surface area contributed by atoms with E-state index in [0.717, 1.165) is 6.42 Å². The maximum absolute atomic E-state index is 11.3. The summed E-state index contributed by atoms with van der Waals surface area (Å²) in [6, 6.07) is 0. The summed E-state index contributed by atoms with van der Waals surface area (Å²) in [5, 5.41) is 0.469. The van der Waals surface area contributed by atoms with E-state index < -0.39 is 9.84 Å². The van der Waals surface area contributed by atoms with Crippen LogP contribution in [0.2, 0.25) is 0 Å². The van der Waals surface area contributed by atoms with Gasteiger partial charge in [-0.1, -0.05) is 13.8 Å². The second kappa shape index (κ2) is 7.54. The molecule has 0 aliphatic rings. The Morgan fingerprint density at radius 1 is 1.36 bits per heavy atom. The number of thioether (sulfide) groups is 1. The number of rotatable bonds is 8. The molecule has 3 nitrogen and oxygen atoms in total. The van der Waals surface area contributed by atoms with Crippen molar-refractivity contribution in [2.75, 3.05) is 23.8 Å². The molecule has 0 spiro atoms. The third-order valence-electron chi connectivity index (χ3n) is 1.89. The first-order chi connectivity index (χ1) is 6.52. The summed E-state index contributed by atoms with van der Waals surface area (Å²) in [4.78, 5) is 0. The minimum atomic E-state index is -2.79. The van der Waals surface area contributed by atoms with Crippen molar-refractivity contribution in [3.8, 4) is 0 Å². The summed E-state index contributed by atoms with van der Waals surface area (Å²) in [6.07, 6.45) is 1.67. The van der Waals surface area contributed by atoms with Crippen molar-refractivity contribution in [3.63, 3.8) is 0 Å². The van der Waals surface area contributed by atoms with Gasteiger partial charge < -0.3 is 5.73 Å². The molecule has 0 radical (unpaired) electrons. The SMILES string of the molecule is CCCS(=O)(=O)CCSC(C)CCN. The summed E-state index contributed by atoms with van der Waals surface area (Å²) >= 11 is 1.69. The molecule has 5 heteroatoms. The molecule has 0 fully saturated rings. The first-order valence-electron chi connectivity index (χ1n) is 5.04. The molecule has 0 aromatic carbocycles. The Bertz CT molecular complexity index is 227. The van der Waals surface area contributed by atoms with Gasteiger partial charge in [0.2, 0.25) is 0 Å². The highest BCUT2D eigenvalue weighted by Crippen LogP contribution is 2.13. The molecule has 0 aromatic heterocycles. The van der Waals surface area contributed by atoms with E-state index in [2.05, 4.69) is 6.92 Å². The lowest BCUT2D eigenvalue weighted by atomic mass is 10.3. The van der Waals surface area contributed by atoms with Gasteiger partial charge in [0.15, 0.2) is 9.84 Å². The molecule has 0 aliphatic heterocycles. The Labute approximate surface area is 91.7 Å². The predicted molar refractivity (Wildman–Crippen MR) is 64.5 cm³/mol. The molecule has 0 saturated heterocycles. The normalized spacial score (nSPS) is 14.2. The highest BCUT2D eigenvalue weighted by molar-refractivity contribution is 8.01. The second-order valence-corrected chi connectivity index (χ2v) is 7.26. The quantitative estimate of drug-likeness (QED) is 0.693. The number of hydrogen-bond donors (Lipinski definition) is 1. The van der Waals surface area contributed by atoms with Crippen LogP contribution in [0, 0.1) is 0 Å². The molecule has 1 unspecified atom stereocenters. The fourth-order valence-corrected chi connectivity index (χ4v) is 4.04. The van der Waals surface area contributed by atoms with Gasteiger partial charge in [0.25, 0.3) is 0 Å². The summed E-state index contributed by atoms with van der Waals surface area (Å²) < 4.78 is 22.7. The van der Waals surface area contributed by atoms with Crippen LogP contribution in [0.25, 0.3) is 0 Å². The predicted octanol–water partition coefficient (Wildman–Crippen LogP) is 1.28. The van der Waals surface area contributed by atoms with Crippen LogP contribution < -0.4 is 5.73 Å². The molecule has 14 heavy (non-hydrogen) atoms. The monoisotopic (exact) mass is 239 g/mol. The molecule has 0 aliphatic carbocycles. The van der Waals surface area contributed by atoms with E-state index in [9.17, 15) is 8.42 Å². The fourth-order valence-electron chi connectivity index (χ4n) is 1.11. The van der Waals surface area contributed by atoms with Crippen molar-refractivity contribution < 1.29 is 8.42 Å². The summed E-state index contributed by atoms with van der Waals surface area (Å²) in [7, 11) is -2.79. The Balaban J connectivity index is 3.63. The van der Waals surface area contributed by atoms with Crippen molar-refractivity contribution in [2.45, 2.75) is 31.9 Å². The molecular formula is C9H21NO2S2. The van der Waals surface area contributed by atoms with Crippen LogP contribution >= 0.6 is 11.8 Å². The number of sulfone groups is 1.